The molecular weight excluding hydrogens is 226 g/mol. The molecule has 3 rings (SSSR count). The summed E-state index contributed by atoms with van der Waals surface area (Å²) in [5, 5.41) is 16.7. The fourth-order valence-corrected chi connectivity index (χ4v) is 2.02. The largest absolute Gasteiger partial charge is 0.307 e. The molecule has 1 N–H and O–H groups in total. The van der Waals surface area contributed by atoms with Crippen LogP contribution < -0.4 is 0 Å². The Labute approximate surface area is 105 Å². The number of hydrogen-bond donors (Lipinski definition) is 1. The Balaban J connectivity index is 2.25. The van der Waals surface area contributed by atoms with Crippen molar-refractivity contribution in [1.82, 2.24) is 25.0 Å². The fourth-order valence-electron chi connectivity index (χ4n) is 2.02. The van der Waals surface area contributed by atoms with Gasteiger partial charge in [-0.2, -0.15) is 5.10 Å². The summed E-state index contributed by atoms with van der Waals surface area (Å²) >= 11 is 0. The molecule has 5 nitrogen and oxygen atoms in total. The first-order valence-electron chi connectivity index (χ1n) is 5.91. The SMILES string of the molecule is CC(C)(C)n1cnnc1-c1n[nH]c2ccccc12. The van der Waals surface area contributed by atoms with Gasteiger partial charge in [-0.15, -0.1) is 10.2 Å². The zero-order valence-electron chi connectivity index (χ0n) is 10.7. The monoisotopic (exact) mass is 241 g/mol. The molecule has 92 valence electrons. The van der Waals surface area contributed by atoms with Gasteiger partial charge in [-0.25, -0.2) is 0 Å². The van der Waals surface area contributed by atoms with E-state index in [1.54, 1.807) is 6.33 Å². The summed E-state index contributed by atoms with van der Waals surface area (Å²) in [4.78, 5) is 0. The molecule has 0 radical (unpaired) electrons. The summed E-state index contributed by atoms with van der Waals surface area (Å²) < 4.78 is 2.04. The molecule has 0 spiro atoms. The lowest BCUT2D eigenvalue weighted by Crippen LogP contribution is -2.22. The zero-order valence-corrected chi connectivity index (χ0v) is 10.7. The van der Waals surface area contributed by atoms with E-state index in [1.165, 1.54) is 0 Å². The topological polar surface area (TPSA) is 59.4 Å². The van der Waals surface area contributed by atoms with Gasteiger partial charge in [0.25, 0.3) is 0 Å². The molecule has 3 aromatic rings. The lowest BCUT2D eigenvalue weighted by Gasteiger charge is -2.21. The van der Waals surface area contributed by atoms with E-state index >= 15 is 0 Å². The Bertz CT molecular complexity index is 687. The van der Waals surface area contributed by atoms with E-state index in [-0.39, 0.29) is 5.54 Å². The Morgan fingerprint density at radius 1 is 1.17 bits per heavy atom. The molecule has 0 amide bonds. The Hall–Kier alpha value is -2.17. The van der Waals surface area contributed by atoms with Crippen LogP contribution in [0, 0.1) is 0 Å². The molecular formula is C13H15N5. The minimum Gasteiger partial charge on any atom is -0.307 e. The maximum atomic E-state index is 4.36. The number of benzene rings is 1. The van der Waals surface area contributed by atoms with Gasteiger partial charge in [0.05, 0.1) is 5.52 Å². The normalized spacial score (nSPS) is 12.2. The summed E-state index contributed by atoms with van der Waals surface area (Å²) in [5.74, 6) is 0.792. The van der Waals surface area contributed by atoms with Crippen molar-refractivity contribution in [3.8, 4) is 11.5 Å². The molecule has 0 bridgehead atoms. The van der Waals surface area contributed by atoms with Gasteiger partial charge >= 0.3 is 0 Å². The average Bonchev–Trinajstić information content (AvgIpc) is 2.93. The number of H-pyrrole nitrogens is 1. The molecule has 0 saturated carbocycles. The number of aromatic amines is 1. The Morgan fingerprint density at radius 3 is 2.72 bits per heavy atom. The standard InChI is InChI=1S/C13H15N5/c1-13(2,3)18-8-14-17-12(18)11-9-6-4-5-7-10(9)15-16-11/h4-8H,1-3H3,(H,15,16). The van der Waals surface area contributed by atoms with Crippen LogP contribution in [0.15, 0.2) is 30.6 Å². The van der Waals surface area contributed by atoms with E-state index in [9.17, 15) is 0 Å². The molecule has 0 saturated heterocycles. The molecule has 5 heteroatoms. The van der Waals surface area contributed by atoms with Crippen molar-refractivity contribution in [1.29, 1.82) is 0 Å². The lowest BCUT2D eigenvalue weighted by atomic mass is 10.1. The molecule has 0 aliphatic heterocycles. The molecule has 0 aliphatic carbocycles. The highest BCUT2D eigenvalue weighted by molar-refractivity contribution is 5.91. The predicted octanol–water partition coefficient (Wildman–Crippen LogP) is 2.58. The first kappa shape index (κ1) is 11.0. The van der Waals surface area contributed by atoms with E-state index in [2.05, 4.69) is 41.2 Å². The Morgan fingerprint density at radius 2 is 1.94 bits per heavy atom. The second-order valence-corrected chi connectivity index (χ2v) is 5.31. The predicted molar refractivity (Wildman–Crippen MR) is 70.1 cm³/mol. The first-order valence-corrected chi connectivity index (χ1v) is 5.91. The van der Waals surface area contributed by atoms with Crippen LogP contribution in [0.1, 0.15) is 20.8 Å². The van der Waals surface area contributed by atoms with Crippen molar-refractivity contribution in [2.75, 3.05) is 0 Å². The average molecular weight is 241 g/mol. The van der Waals surface area contributed by atoms with E-state index in [1.807, 2.05) is 28.8 Å². The minimum atomic E-state index is -0.0705. The van der Waals surface area contributed by atoms with Crippen molar-refractivity contribution >= 4 is 10.9 Å². The van der Waals surface area contributed by atoms with Crippen molar-refractivity contribution in [2.24, 2.45) is 0 Å². The van der Waals surface area contributed by atoms with Gasteiger partial charge in [-0.3, -0.25) is 5.10 Å². The summed E-state index contributed by atoms with van der Waals surface area (Å²) in [6.07, 6.45) is 1.75. The van der Waals surface area contributed by atoms with E-state index in [0.717, 1.165) is 22.4 Å². The highest BCUT2D eigenvalue weighted by atomic mass is 15.3. The third-order valence-corrected chi connectivity index (χ3v) is 2.95. The number of nitrogens with zero attached hydrogens (tertiary/aromatic N) is 4. The number of hydrogen-bond acceptors (Lipinski definition) is 3. The molecule has 2 aromatic heterocycles. The van der Waals surface area contributed by atoms with Crippen molar-refractivity contribution in [3.05, 3.63) is 30.6 Å². The highest BCUT2D eigenvalue weighted by Gasteiger charge is 2.21. The minimum absolute atomic E-state index is 0.0705. The maximum Gasteiger partial charge on any atom is 0.185 e. The number of fused-ring (bicyclic) bond motifs is 1. The molecule has 1 aromatic carbocycles. The van der Waals surface area contributed by atoms with Crippen LogP contribution in [0.2, 0.25) is 0 Å². The van der Waals surface area contributed by atoms with Gasteiger partial charge < -0.3 is 4.57 Å². The second kappa shape index (κ2) is 3.66. The van der Waals surface area contributed by atoms with Crippen LogP contribution in [0.25, 0.3) is 22.4 Å². The van der Waals surface area contributed by atoms with Crippen LogP contribution in [0.5, 0.6) is 0 Å². The van der Waals surface area contributed by atoms with Crippen LogP contribution in [-0.2, 0) is 5.54 Å². The highest BCUT2D eigenvalue weighted by Crippen LogP contribution is 2.27. The third-order valence-electron chi connectivity index (χ3n) is 2.95. The van der Waals surface area contributed by atoms with E-state index in [4.69, 9.17) is 0 Å². The van der Waals surface area contributed by atoms with Gasteiger partial charge in [0.15, 0.2) is 5.82 Å². The fraction of sp³-hybridized carbons (Fsp3) is 0.308. The molecule has 0 fully saturated rings. The molecule has 2 heterocycles. The second-order valence-electron chi connectivity index (χ2n) is 5.31. The number of nitrogens with one attached hydrogen (secondary N) is 1. The van der Waals surface area contributed by atoms with Gasteiger partial charge in [0.1, 0.15) is 12.0 Å². The summed E-state index contributed by atoms with van der Waals surface area (Å²) in [6.45, 7) is 6.36. The number of rotatable bonds is 1. The number of aromatic nitrogens is 5. The zero-order chi connectivity index (χ0) is 12.8. The van der Waals surface area contributed by atoms with Crippen molar-refractivity contribution < 1.29 is 0 Å². The van der Waals surface area contributed by atoms with E-state index < -0.39 is 0 Å². The van der Waals surface area contributed by atoms with Gasteiger partial charge in [-0.05, 0) is 26.8 Å². The molecule has 18 heavy (non-hydrogen) atoms. The summed E-state index contributed by atoms with van der Waals surface area (Å²) in [6, 6.07) is 8.03. The Kier molecular flexibility index (Phi) is 2.23. The van der Waals surface area contributed by atoms with Gasteiger partial charge in [0.2, 0.25) is 0 Å². The molecule has 0 atom stereocenters. The van der Waals surface area contributed by atoms with Crippen molar-refractivity contribution in [2.45, 2.75) is 26.3 Å². The van der Waals surface area contributed by atoms with Gasteiger partial charge in [0, 0.05) is 10.9 Å². The lowest BCUT2D eigenvalue weighted by molar-refractivity contribution is 0.399. The quantitative estimate of drug-likeness (QED) is 0.712. The first-order chi connectivity index (χ1) is 8.57. The molecule has 0 unspecified atom stereocenters. The smallest absolute Gasteiger partial charge is 0.185 e. The van der Waals surface area contributed by atoms with Crippen LogP contribution in [0.4, 0.5) is 0 Å². The molecule has 0 aliphatic rings. The van der Waals surface area contributed by atoms with Gasteiger partial charge in [-0.1, -0.05) is 18.2 Å². The van der Waals surface area contributed by atoms with Crippen LogP contribution in [0.3, 0.4) is 0 Å². The number of para-hydroxylation sites is 1. The van der Waals surface area contributed by atoms with Crippen molar-refractivity contribution in [3.63, 3.8) is 0 Å². The van der Waals surface area contributed by atoms with E-state index in [0.29, 0.717) is 0 Å². The van der Waals surface area contributed by atoms with Crippen LogP contribution in [-0.4, -0.2) is 25.0 Å². The third kappa shape index (κ3) is 1.59. The maximum absolute atomic E-state index is 4.36. The van der Waals surface area contributed by atoms with Crippen LogP contribution >= 0.6 is 0 Å². The summed E-state index contributed by atoms with van der Waals surface area (Å²) in [5.41, 5.74) is 1.78. The summed E-state index contributed by atoms with van der Waals surface area (Å²) in [7, 11) is 0.